The standard InChI is InChI=1S/C26H13N3S2/c1-2-6-20-14(4-1)15-7-8-17-16-9-10-18-21-19(5-3-11-27-21)26-28-12-13-29(26)22(18)23(16)31-25(17)24(15)30-20/h1-13H. The molecule has 3 aromatic carbocycles. The quantitative estimate of drug-likeness (QED) is 0.230. The van der Waals surface area contributed by atoms with Crippen LogP contribution >= 0.6 is 22.7 Å². The van der Waals surface area contributed by atoms with E-state index >= 15 is 0 Å². The fraction of sp³-hybridized carbons (Fsp3) is 0. The van der Waals surface area contributed by atoms with Crippen LogP contribution < -0.4 is 0 Å². The number of fused-ring (bicyclic) bond motifs is 14. The van der Waals surface area contributed by atoms with Crippen LogP contribution in [0.4, 0.5) is 0 Å². The molecule has 3 nitrogen and oxygen atoms in total. The lowest BCUT2D eigenvalue weighted by Crippen LogP contribution is -1.92. The van der Waals surface area contributed by atoms with Crippen LogP contribution in [0, 0.1) is 0 Å². The fourth-order valence-electron chi connectivity index (χ4n) is 4.98. The van der Waals surface area contributed by atoms with Crippen molar-refractivity contribution in [3.8, 4) is 0 Å². The van der Waals surface area contributed by atoms with Crippen molar-refractivity contribution in [2.45, 2.75) is 0 Å². The van der Waals surface area contributed by atoms with Crippen LogP contribution in [0.1, 0.15) is 0 Å². The van der Waals surface area contributed by atoms with E-state index in [1.165, 1.54) is 51.2 Å². The van der Waals surface area contributed by atoms with Crippen LogP contribution in [0.5, 0.6) is 0 Å². The molecule has 8 aromatic rings. The molecule has 5 heteroatoms. The third kappa shape index (κ3) is 1.93. The van der Waals surface area contributed by atoms with Gasteiger partial charge in [-0.2, -0.15) is 0 Å². The van der Waals surface area contributed by atoms with Crippen LogP contribution in [-0.4, -0.2) is 14.4 Å². The summed E-state index contributed by atoms with van der Waals surface area (Å²) in [5, 5.41) is 7.59. The van der Waals surface area contributed by atoms with Gasteiger partial charge in [0.15, 0.2) is 0 Å². The summed E-state index contributed by atoms with van der Waals surface area (Å²) in [6.45, 7) is 0. The summed E-state index contributed by atoms with van der Waals surface area (Å²) in [6, 6.07) is 21.9. The van der Waals surface area contributed by atoms with Gasteiger partial charge in [-0.3, -0.25) is 9.38 Å². The average Bonchev–Trinajstić information content (AvgIpc) is 3.53. The Bertz CT molecular complexity index is 2010. The Morgan fingerprint density at radius 3 is 2.26 bits per heavy atom. The molecule has 5 aromatic heterocycles. The van der Waals surface area contributed by atoms with Gasteiger partial charge < -0.3 is 0 Å². The molecule has 0 saturated carbocycles. The van der Waals surface area contributed by atoms with Gasteiger partial charge in [0, 0.05) is 55.6 Å². The van der Waals surface area contributed by atoms with E-state index in [0.29, 0.717) is 0 Å². The van der Waals surface area contributed by atoms with Gasteiger partial charge in [-0.05, 0) is 24.3 Å². The highest BCUT2D eigenvalue weighted by molar-refractivity contribution is 7.34. The van der Waals surface area contributed by atoms with Crippen LogP contribution in [0.3, 0.4) is 0 Å². The minimum Gasteiger partial charge on any atom is -0.298 e. The number of benzene rings is 3. The van der Waals surface area contributed by atoms with Crippen molar-refractivity contribution in [3.63, 3.8) is 0 Å². The highest BCUT2D eigenvalue weighted by Crippen LogP contribution is 2.46. The maximum Gasteiger partial charge on any atom is 0.146 e. The van der Waals surface area contributed by atoms with Gasteiger partial charge in [-0.15, -0.1) is 22.7 Å². The summed E-state index contributed by atoms with van der Waals surface area (Å²) in [4.78, 5) is 9.40. The SMILES string of the molecule is c1ccc2c(c1)sc1c2ccc2c3ccc4c5ncccc5c5nccn5c4c3sc21. The molecule has 0 N–H and O–H groups in total. The molecule has 8 rings (SSSR count). The first-order valence-corrected chi connectivity index (χ1v) is 11.8. The number of imidazole rings is 1. The van der Waals surface area contributed by atoms with E-state index in [2.05, 4.69) is 70.2 Å². The van der Waals surface area contributed by atoms with E-state index in [9.17, 15) is 0 Å². The van der Waals surface area contributed by atoms with Crippen molar-refractivity contribution < 1.29 is 0 Å². The van der Waals surface area contributed by atoms with E-state index in [1.807, 2.05) is 41.1 Å². The molecule has 0 aliphatic heterocycles. The zero-order valence-corrected chi connectivity index (χ0v) is 17.8. The molecule has 144 valence electrons. The van der Waals surface area contributed by atoms with Crippen molar-refractivity contribution >= 4 is 90.5 Å². The second-order valence-electron chi connectivity index (χ2n) is 7.88. The van der Waals surface area contributed by atoms with Crippen molar-refractivity contribution in [2.75, 3.05) is 0 Å². The van der Waals surface area contributed by atoms with Crippen LogP contribution in [0.2, 0.25) is 0 Å². The Hall–Kier alpha value is -3.54. The van der Waals surface area contributed by atoms with Crippen LogP contribution in [0.25, 0.3) is 67.8 Å². The number of thiophene rings is 2. The topological polar surface area (TPSA) is 30.2 Å². The average molecular weight is 432 g/mol. The smallest absolute Gasteiger partial charge is 0.146 e. The van der Waals surface area contributed by atoms with E-state index in [-0.39, 0.29) is 0 Å². The van der Waals surface area contributed by atoms with Crippen molar-refractivity contribution in [1.82, 2.24) is 14.4 Å². The molecule has 31 heavy (non-hydrogen) atoms. The first-order valence-electron chi connectivity index (χ1n) is 10.2. The lowest BCUT2D eigenvalue weighted by atomic mass is 10.1. The van der Waals surface area contributed by atoms with Crippen molar-refractivity contribution in [2.24, 2.45) is 0 Å². The summed E-state index contributed by atoms with van der Waals surface area (Å²) in [7, 11) is 0. The molecule has 0 saturated heterocycles. The number of hydrogen-bond acceptors (Lipinski definition) is 4. The molecule has 0 radical (unpaired) electrons. The summed E-state index contributed by atoms with van der Waals surface area (Å²) < 4.78 is 7.64. The van der Waals surface area contributed by atoms with Crippen molar-refractivity contribution in [3.05, 3.63) is 79.3 Å². The molecule has 0 atom stereocenters. The normalized spacial score (nSPS) is 12.5. The van der Waals surface area contributed by atoms with Gasteiger partial charge in [0.05, 0.1) is 25.1 Å². The molecule has 0 aliphatic rings. The van der Waals surface area contributed by atoms with Crippen LogP contribution in [-0.2, 0) is 0 Å². The minimum absolute atomic E-state index is 0.965. The maximum atomic E-state index is 4.73. The predicted octanol–water partition coefficient (Wildman–Crippen LogP) is 7.77. The minimum atomic E-state index is 0.965. The van der Waals surface area contributed by atoms with Crippen LogP contribution in [0.15, 0.2) is 79.3 Å². The Kier molecular flexibility index (Phi) is 2.91. The Labute approximate surface area is 183 Å². The van der Waals surface area contributed by atoms with Gasteiger partial charge in [0.1, 0.15) is 5.65 Å². The number of aromatic nitrogens is 3. The highest BCUT2D eigenvalue weighted by Gasteiger charge is 2.18. The third-order valence-corrected chi connectivity index (χ3v) is 8.89. The summed E-state index contributed by atoms with van der Waals surface area (Å²) in [6.07, 6.45) is 5.83. The second kappa shape index (κ2) is 5.58. The van der Waals surface area contributed by atoms with Gasteiger partial charge in [-0.25, -0.2) is 4.98 Å². The van der Waals surface area contributed by atoms with E-state index in [1.54, 1.807) is 0 Å². The summed E-state index contributed by atoms with van der Waals surface area (Å²) in [5.41, 5.74) is 3.18. The van der Waals surface area contributed by atoms with Gasteiger partial charge >= 0.3 is 0 Å². The highest BCUT2D eigenvalue weighted by atomic mass is 32.1. The molecule has 0 bridgehead atoms. The molecular formula is C26H13N3S2. The van der Waals surface area contributed by atoms with Gasteiger partial charge in [0.2, 0.25) is 0 Å². The zero-order chi connectivity index (χ0) is 20.1. The number of hydrogen-bond donors (Lipinski definition) is 0. The van der Waals surface area contributed by atoms with E-state index in [0.717, 1.165) is 16.6 Å². The molecule has 0 spiro atoms. The zero-order valence-electron chi connectivity index (χ0n) is 16.2. The Morgan fingerprint density at radius 1 is 0.581 bits per heavy atom. The molecule has 0 amide bonds. The first-order chi connectivity index (χ1) is 15.4. The number of pyridine rings is 2. The Balaban J connectivity index is 1.65. The number of rotatable bonds is 0. The third-order valence-electron chi connectivity index (χ3n) is 6.31. The second-order valence-corrected chi connectivity index (χ2v) is 9.95. The number of nitrogens with zero attached hydrogens (tertiary/aromatic N) is 3. The summed E-state index contributed by atoms with van der Waals surface area (Å²) >= 11 is 3.80. The van der Waals surface area contributed by atoms with E-state index in [4.69, 9.17) is 4.98 Å². The Morgan fingerprint density at radius 2 is 1.32 bits per heavy atom. The molecule has 0 aliphatic carbocycles. The molecular weight excluding hydrogens is 418 g/mol. The molecule has 0 unspecified atom stereocenters. The summed E-state index contributed by atoms with van der Waals surface area (Å²) in [5.74, 6) is 0. The predicted molar refractivity (Wildman–Crippen MR) is 134 cm³/mol. The van der Waals surface area contributed by atoms with E-state index < -0.39 is 0 Å². The van der Waals surface area contributed by atoms with Crippen molar-refractivity contribution in [1.29, 1.82) is 0 Å². The first kappa shape index (κ1) is 16.2. The monoisotopic (exact) mass is 431 g/mol. The largest absolute Gasteiger partial charge is 0.298 e. The maximum absolute atomic E-state index is 4.73. The lowest BCUT2D eigenvalue weighted by molar-refractivity contribution is 1.27. The van der Waals surface area contributed by atoms with Gasteiger partial charge in [0.25, 0.3) is 0 Å². The molecule has 0 fully saturated rings. The van der Waals surface area contributed by atoms with Gasteiger partial charge in [-0.1, -0.05) is 36.4 Å². The fourth-order valence-corrected chi connectivity index (χ4v) is 7.66. The molecule has 5 heterocycles. The lowest BCUT2D eigenvalue weighted by Gasteiger charge is -2.08.